The SMILES string of the molecule is CN1CC[C@H](N(C)C(=O)Nc2ccc(-n3cccn3)cc2)C1. The monoisotopic (exact) mass is 299 g/mol. The summed E-state index contributed by atoms with van der Waals surface area (Å²) in [7, 11) is 3.94. The minimum absolute atomic E-state index is 0.0628. The summed E-state index contributed by atoms with van der Waals surface area (Å²) in [6.07, 6.45) is 4.65. The quantitative estimate of drug-likeness (QED) is 0.943. The number of rotatable bonds is 3. The maximum atomic E-state index is 12.3. The number of carbonyl (C=O) groups is 1. The van der Waals surface area contributed by atoms with Gasteiger partial charge < -0.3 is 15.1 Å². The minimum atomic E-state index is -0.0628. The number of likely N-dealkylation sites (tertiary alicyclic amines) is 1. The van der Waals surface area contributed by atoms with E-state index < -0.39 is 0 Å². The van der Waals surface area contributed by atoms with Crippen molar-refractivity contribution in [3.8, 4) is 5.69 Å². The second kappa shape index (κ2) is 6.19. The van der Waals surface area contributed by atoms with E-state index in [2.05, 4.69) is 22.4 Å². The van der Waals surface area contributed by atoms with Crippen LogP contribution in [0.1, 0.15) is 6.42 Å². The molecule has 2 aromatic rings. The highest BCUT2D eigenvalue weighted by atomic mass is 16.2. The normalized spacial score (nSPS) is 18.4. The Morgan fingerprint density at radius 3 is 2.73 bits per heavy atom. The third-order valence-corrected chi connectivity index (χ3v) is 4.12. The van der Waals surface area contributed by atoms with Gasteiger partial charge in [-0.3, -0.25) is 0 Å². The Balaban J connectivity index is 1.62. The molecule has 0 aliphatic carbocycles. The summed E-state index contributed by atoms with van der Waals surface area (Å²) in [5.74, 6) is 0. The van der Waals surface area contributed by atoms with Gasteiger partial charge >= 0.3 is 6.03 Å². The molecule has 1 fully saturated rings. The molecule has 1 aliphatic rings. The summed E-state index contributed by atoms with van der Waals surface area (Å²) in [6, 6.07) is 9.76. The Bertz CT molecular complexity index is 622. The van der Waals surface area contributed by atoms with Crippen LogP contribution in [0.2, 0.25) is 0 Å². The summed E-state index contributed by atoms with van der Waals surface area (Å²) in [6.45, 7) is 1.98. The van der Waals surface area contributed by atoms with Crippen LogP contribution in [0.15, 0.2) is 42.7 Å². The molecule has 0 radical (unpaired) electrons. The largest absolute Gasteiger partial charge is 0.323 e. The van der Waals surface area contributed by atoms with Crippen molar-refractivity contribution >= 4 is 11.7 Å². The van der Waals surface area contributed by atoms with Crippen LogP contribution in [0, 0.1) is 0 Å². The molecule has 0 spiro atoms. The van der Waals surface area contributed by atoms with Crippen molar-refractivity contribution in [3.05, 3.63) is 42.7 Å². The van der Waals surface area contributed by atoms with E-state index in [1.807, 2.05) is 43.6 Å². The van der Waals surface area contributed by atoms with Gasteiger partial charge in [-0.05, 0) is 50.3 Å². The zero-order valence-corrected chi connectivity index (χ0v) is 12.9. The van der Waals surface area contributed by atoms with Crippen molar-refractivity contribution in [2.45, 2.75) is 12.5 Å². The summed E-state index contributed by atoms with van der Waals surface area (Å²) in [5.41, 5.74) is 1.76. The molecule has 1 N–H and O–H groups in total. The first-order valence-electron chi connectivity index (χ1n) is 7.46. The molecule has 1 aliphatic heterocycles. The number of nitrogens with zero attached hydrogens (tertiary/aromatic N) is 4. The maximum Gasteiger partial charge on any atom is 0.321 e. The number of carbonyl (C=O) groups excluding carboxylic acids is 1. The first-order chi connectivity index (χ1) is 10.6. The van der Waals surface area contributed by atoms with E-state index in [0.29, 0.717) is 0 Å². The van der Waals surface area contributed by atoms with Crippen molar-refractivity contribution in [1.29, 1.82) is 0 Å². The molecule has 6 nitrogen and oxygen atoms in total. The zero-order valence-electron chi connectivity index (χ0n) is 12.9. The fourth-order valence-corrected chi connectivity index (χ4v) is 2.72. The number of hydrogen-bond acceptors (Lipinski definition) is 3. The van der Waals surface area contributed by atoms with Crippen LogP contribution in [0.4, 0.5) is 10.5 Å². The molecule has 0 bridgehead atoms. The highest BCUT2D eigenvalue weighted by Crippen LogP contribution is 2.16. The fraction of sp³-hybridized carbons (Fsp3) is 0.375. The molecule has 0 unspecified atom stereocenters. The molecule has 22 heavy (non-hydrogen) atoms. The molecule has 0 saturated carbocycles. The standard InChI is InChI=1S/C16H21N5O/c1-19-11-8-15(12-19)20(2)16(22)18-13-4-6-14(7-5-13)21-10-3-9-17-21/h3-7,9-10,15H,8,11-12H2,1-2H3,(H,18,22)/t15-/m0/s1. The summed E-state index contributed by atoms with van der Waals surface area (Å²) < 4.78 is 1.78. The van der Waals surface area contributed by atoms with E-state index in [-0.39, 0.29) is 12.1 Å². The lowest BCUT2D eigenvalue weighted by Gasteiger charge is -2.24. The second-order valence-corrected chi connectivity index (χ2v) is 5.74. The van der Waals surface area contributed by atoms with Gasteiger partial charge in [0.2, 0.25) is 0 Å². The van der Waals surface area contributed by atoms with Gasteiger partial charge in [-0.1, -0.05) is 0 Å². The van der Waals surface area contributed by atoms with Gasteiger partial charge in [-0.25, -0.2) is 9.48 Å². The van der Waals surface area contributed by atoms with Gasteiger partial charge in [0.1, 0.15) is 0 Å². The van der Waals surface area contributed by atoms with E-state index in [1.54, 1.807) is 15.8 Å². The molecular weight excluding hydrogens is 278 g/mol. The lowest BCUT2D eigenvalue weighted by molar-refractivity contribution is 0.204. The molecule has 2 amide bonds. The van der Waals surface area contributed by atoms with Crippen molar-refractivity contribution in [2.75, 3.05) is 32.5 Å². The van der Waals surface area contributed by atoms with Gasteiger partial charge in [0, 0.05) is 37.7 Å². The lowest BCUT2D eigenvalue weighted by atomic mass is 10.2. The maximum absolute atomic E-state index is 12.3. The fourth-order valence-electron chi connectivity index (χ4n) is 2.72. The Morgan fingerprint density at radius 2 is 2.14 bits per heavy atom. The van der Waals surface area contributed by atoms with Gasteiger partial charge in [0.05, 0.1) is 5.69 Å². The topological polar surface area (TPSA) is 53.4 Å². The number of amides is 2. The molecule has 1 saturated heterocycles. The highest BCUT2D eigenvalue weighted by Gasteiger charge is 2.26. The van der Waals surface area contributed by atoms with Crippen LogP contribution >= 0.6 is 0 Å². The van der Waals surface area contributed by atoms with E-state index in [9.17, 15) is 4.79 Å². The van der Waals surface area contributed by atoms with Crippen LogP contribution in [-0.4, -0.2) is 58.8 Å². The first-order valence-corrected chi connectivity index (χ1v) is 7.46. The predicted molar refractivity (Wildman–Crippen MR) is 86.2 cm³/mol. The van der Waals surface area contributed by atoms with E-state index in [0.717, 1.165) is 30.9 Å². The first kappa shape index (κ1) is 14.6. The number of aromatic nitrogens is 2. The van der Waals surface area contributed by atoms with E-state index in [4.69, 9.17) is 0 Å². The Hall–Kier alpha value is -2.34. The minimum Gasteiger partial charge on any atom is -0.323 e. The van der Waals surface area contributed by atoms with Gasteiger partial charge in [0.25, 0.3) is 0 Å². The van der Waals surface area contributed by atoms with Crippen LogP contribution in [0.5, 0.6) is 0 Å². The molecule has 1 aromatic heterocycles. The predicted octanol–water partition coefficient (Wildman–Crippen LogP) is 2.04. The number of likely N-dealkylation sites (N-methyl/N-ethyl adjacent to an activating group) is 2. The average Bonchev–Trinajstić information content (AvgIpc) is 3.18. The molecule has 1 aromatic carbocycles. The summed E-state index contributed by atoms with van der Waals surface area (Å²) >= 11 is 0. The Kier molecular flexibility index (Phi) is 4.11. The van der Waals surface area contributed by atoms with E-state index in [1.165, 1.54) is 0 Å². The van der Waals surface area contributed by atoms with Crippen molar-refractivity contribution < 1.29 is 4.79 Å². The Labute approximate surface area is 130 Å². The van der Waals surface area contributed by atoms with Crippen molar-refractivity contribution in [3.63, 3.8) is 0 Å². The highest BCUT2D eigenvalue weighted by molar-refractivity contribution is 5.89. The third kappa shape index (κ3) is 3.12. The van der Waals surface area contributed by atoms with Crippen molar-refractivity contribution in [1.82, 2.24) is 19.6 Å². The molecule has 1 atom stereocenters. The number of nitrogens with one attached hydrogen (secondary N) is 1. The molecule has 3 rings (SSSR count). The zero-order chi connectivity index (χ0) is 15.5. The van der Waals surface area contributed by atoms with Gasteiger partial charge in [-0.2, -0.15) is 5.10 Å². The average molecular weight is 299 g/mol. The second-order valence-electron chi connectivity index (χ2n) is 5.74. The smallest absolute Gasteiger partial charge is 0.321 e. The number of anilines is 1. The van der Waals surface area contributed by atoms with Crippen LogP contribution in [0.3, 0.4) is 0 Å². The summed E-state index contributed by atoms with van der Waals surface area (Å²) in [4.78, 5) is 16.3. The number of urea groups is 1. The molecular formula is C16H21N5O. The number of hydrogen-bond donors (Lipinski definition) is 1. The van der Waals surface area contributed by atoms with Crippen LogP contribution in [-0.2, 0) is 0 Å². The van der Waals surface area contributed by atoms with E-state index >= 15 is 0 Å². The van der Waals surface area contributed by atoms with Gasteiger partial charge in [0.15, 0.2) is 0 Å². The lowest BCUT2D eigenvalue weighted by Crippen LogP contribution is -2.41. The molecule has 116 valence electrons. The Morgan fingerprint density at radius 1 is 1.36 bits per heavy atom. The molecule has 6 heteroatoms. The van der Waals surface area contributed by atoms with Crippen LogP contribution < -0.4 is 5.32 Å². The summed E-state index contributed by atoms with van der Waals surface area (Å²) in [5, 5.41) is 7.13. The van der Waals surface area contributed by atoms with Crippen molar-refractivity contribution in [2.24, 2.45) is 0 Å². The van der Waals surface area contributed by atoms with Crippen LogP contribution in [0.25, 0.3) is 5.69 Å². The van der Waals surface area contributed by atoms with Gasteiger partial charge in [-0.15, -0.1) is 0 Å². The third-order valence-electron chi connectivity index (χ3n) is 4.12. The number of benzene rings is 1. The molecule has 2 heterocycles.